The van der Waals surface area contributed by atoms with Crippen molar-refractivity contribution < 1.29 is 4.57 Å². The van der Waals surface area contributed by atoms with Crippen LogP contribution in [0.2, 0.25) is 0 Å². The predicted octanol–water partition coefficient (Wildman–Crippen LogP) is 6.06. The van der Waals surface area contributed by atoms with Gasteiger partial charge < -0.3 is 4.57 Å². The van der Waals surface area contributed by atoms with Gasteiger partial charge in [-0.1, -0.05) is 65.7 Å². The standard InChI is InChI=1S/C16H33OP/c1-4-5-6-7-8-11-14-18(17,15(2)3)16-12-9-10-13-16/h15-16H,4-14H2,1-3H3/i18+1. The molecule has 0 aromatic carbocycles. The third-order valence-corrected chi connectivity index (χ3v) is 9.19. The van der Waals surface area contributed by atoms with Gasteiger partial charge in [-0.3, -0.25) is 0 Å². The monoisotopic (exact) mass is 273 g/mol. The highest BCUT2D eigenvalue weighted by molar-refractivity contribution is 7.65. The van der Waals surface area contributed by atoms with Crippen LogP contribution in [0.5, 0.6) is 0 Å². The van der Waals surface area contributed by atoms with E-state index >= 15 is 0 Å². The first-order valence-corrected chi connectivity index (χ1v) is 10.2. The molecule has 0 aliphatic heterocycles. The van der Waals surface area contributed by atoms with Crippen LogP contribution in [-0.2, 0) is 4.57 Å². The van der Waals surface area contributed by atoms with Crippen LogP contribution in [0.1, 0.15) is 85.0 Å². The Morgan fingerprint density at radius 1 is 1.00 bits per heavy atom. The molecule has 1 aliphatic rings. The molecule has 0 radical (unpaired) electrons. The van der Waals surface area contributed by atoms with Gasteiger partial charge in [0.15, 0.2) is 0 Å². The molecule has 1 fully saturated rings. The van der Waals surface area contributed by atoms with Gasteiger partial charge in [0.25, 0.3) is 0 Å². The SMILES string of the molecule is CCCCCCCC[32P](=O)(C(C)C)C1CCCC1. The maximum absolute atomic E-state index is 13.2. The molecule has 0 aromatic heterocycles. The van der Waals surface area contributed by atoms with Gasteiger partial charge in [0.2, 0.25) is 0 Å². The fraction of sp³-hybridized carbons (Fsp3) is 1.00. The molecule has 0 amide bonds. The summed E-state index contributed by atoms with van der Waals surface area (Å²) in [4.78, 5) is 0. The summed E-state index contributed by atoms with van der Waals surface area (Å²) in [5.41, 5.74) is 0.990. The van der Waals surface area contributed by atoms with Crippen LogP contribution in [0.3, 0.4) is 0 Å². The van der Waals surface area contributed by atoms with Crippen molar-refractivity contribution in [3.05, 3.63) is 0 Å². The highest BCUT2D eigenvalue weighted by atomic mass is 32.2. The van der Waals surface area contributed by atoms with Gasteiger partial charge in [0.1, 0.15) is 0 Å². The minimum Gasteiger partial charge on any atom is -0.323 e. The van der Waals surface area contributed by atoms with E-state index in [2.05, 4.69) is 20.8 Å². The van der Waals surface area contributed by atoms with Gasteiger partial charge in [-0.15, -0.1) is 0 Å². The fourth-order valence-corrected chi connectivity index (χ4v) is 7.02. The Bertz CT molecular complexity index is 254. The van der Waals surface area contributed by atoms with E-state index in [9.17, 15) is 4.57 Å². The molecule has 108 valence electrons. The van der Waals surface area contributed by atoms with Gasteiger partial charge in [-0.25, -0.2) is 0 Å². The first-order chi connectivity index (χ1) is 8.61. The van der Waals surface area contributed by atoms with Crippen LogP contribution < -0.4 is 0 Å². The van der Waals surface area contributed by atoms with E-state index < -0.39 is 7.14 Å². The van der Waals surface area contributed by atoms with E-state index in [1.54, 1.807) is 0 Å². The quantitative estimate of drug-likeness (QED) is 0.368. The highest BCUT2D eigenvalue weighted by Gasteiger charge is 2.36. The number of unbranched alkanes of at least 4 members (excludes halogenated alkanes) is 5. The molecule has 2 heteroatoms. The van der Waals surface area contributed by atoms with Crippen LogP contribution in [-0.4, -0.2) is 17.5 Å². The summed E-state index contributed by atoms with van der Waals surface area (Å²) < 4.78 is 13.2. The average molecular weight is 273 g/mol. The normalized spacial score (nSPS) is 20.4. The summed E-state index contributed by atoms with van der Waals surface area (Å²) in [6.07, 6.45) is 14.0. The molecular formula is C16H33OP. The molecule has 1 saturated carbocycles. The third kappa shape index (κ3) is 4.72. The Kier molecular flexibility index (Phi) is 7.61. The lowest BCUT2D eigenvalue weighted by Gasteiger charge is -2.28. The van der Waals surface area contributed by atoms with Crippen molar-refractivity contribution in [2.45, 2.75) is 96.3 Å². The molecule has 1 rings (SSSR count). The molecule has 1 atom stereocenters. The zero-order chi connectivity index (χ0) is 13.4. The van der Waals surface area contributed by atoms with Crippen molar-refractivity contribution in [2.24, 2.45) is 0 Å². The second-order valence-corrected chi connectivity index (χ2v) is 10.3. The molecule has 1 unspecified atom stereocenters. The van der Waals surface area contributed by atoms with Gasteiger partial charge in [0, 0.05) is 17.5 Å². The van der Waals surface area contributed by atoms with Crippen molar-refractivity contribution in [3.8, 4) is 0 Å². The van der Waals surface area contributed by atoms with Crippen LogP contribution in [0.25, 0.3) is 0 Å². The highest BCUT2D eigenvalue weighted by Crippen LogP contribution is 2.60. The van der Waals surface area contributed by atoms with Crippen molar-refractivity contribution in [2.75, 3.05) is 6.16 Å². The van der Waals surface area contributed by atoms with Crippen LogP contribution in [0.15, 0.2) is 0 Å². The second-order valence-electron chi connectivity index (χ2n) is 6.38. The fourth-order valence-electron chi connectivity index (χ4n) is 3.34. The smallest absolute Gasteiger partial charge is 0.0930 e. The molecule has 0 heterocycles. The van der Waals surface area contributed by atoms with Gasteiger partial charge in [-0.05, 0) is 19.3 Å². The summed E-state index contributed by atoms with van der Waals surface area (Å²) >= 11 is 0. The Morgan fingerprint density at radius 3 is 2.11 bits per heavy atom. The molecular weight excluding hydrogens is 240 g/mol. The Morgan fingerprint density at radius 2 is 1.56 bits per heavy atom. The zero-order valence-electron chi connectivity index (χ0n) is 12.8. The lowest BCUT2D eigenvalue weighted by Crippen LogP contribution is -2.14. The van der Waals surface area contributed by atoms with E-state index in [-0.39, 0.29) is 0 Å². The molecule has 1 nitrogen and oxygen atoms in total. The van der Waals surface area contributed by atoms with Gasteiger partial charge >= 0.3 is 0 Å². The third-order valence-electron chi connectivity index (χ3n) is 4.68. The minimum absolute atomic E-state index is 0.413. The van der Waals surface area contributed by atoms with Crippen LogP contribution in [0.4, 0.5) is 0 Å². The summed E-state index contributed by atoms with van der Waals surface area (Å²) in [6.45, 7) is 6.64. The number of rotatable bonds is 9. The Labute approximate surface area is 114 Å². The maximum atomic E-state index is 13.2. The molecule has 18 heavy (non-hydrogen) atoms. The largest absolute Gasteiger partial charge is 0.323 e. The van der Waals surface area contributed by atoms with E-state index in [0.29, 0.717) is 11.3 Å². The maximum Gasteiger partial charge on any atom is 0.0930 e. The summed E-state index contributed by atoms with van der Waals surface area (Å²) in [5.74, 6) is 0. The van der Waals surface area contributed by atoms with Crippen molar-refractivity contribution >= 4 is 7.14 Å². The van der Waals surface area contributed by atoms with E-state index in [0.717, 1.165) is 6.16 Å². The predicted molar refractivity (Wildman–Crippen MR) is 83.2 cm³/mol. The lowest BCUT2D eigenvalue weighted by atomic mass is 10.1. The second kappa shape index (κ2) is 8.41. The van der Waals surface area contributed by atoms with Crippen molar-refractivity contribution in [1.29, 1.82) is 0 Å². The summed E-state index contributed by atoms with van der Waals surface area (Å²) in [6, 6.07) is 0. The first kappa shape index (κ1) is 16.3. The summed E-state index contributed by atoms with van der Waals surface area (Å²) in [7, 11) is -1.89. The number of hydrogen-bond acceptors (Lipinski definition) is 1. The molecule has 0 spiro atoms. The van der Waals surface area contributed by atoms with Crippen LogP contribution >= 0.6 is 7.14 Å². The Hall–Kier alpha value is 0.230. The molecule has 0 N–H and O–H groups in total. The zero-order valence-corrected chi connectivity index (χ0v) is 13.7. The van der Waals surface area contributed by atoms with Gasteiger partial charge in [0.05, 0.1) is 7.14 Å². The Balaban J connectivity index is 2.31. The van der Waals surface area contributed by atoms with Crippen LogP contribution in [0, 0.1) is 0 Å². The molecule has 0 aromatic rings. The topological polar surface area (TPSA) is 17.1 Å². The summed E-state index contributed by atoms with van der Waals surface area (Å²) in [5, 5.41) is 0. The van der Waals surface area contributed by atoms with E-state index in [1.165, 1.54) is 64.2 Å². The van der Waals surface area contributed by atoms with Crippen molar-refractivity contribution in [3.63, 3.8) is 0 Å². The molecule has 0 saturated heterocycles. The molecule has 0 bridgehead atoms. The average Bonchev–Trinajstić information content (AvgIpc) is 2.87. The lowest BCUT2D eigenvalue weighted by molar-refractivity contribution is 0.549. The number of hydrogen-bond donors (Lipinski definition) is 0. The van der Waals surface area contributed by atoms with E-state index in [1.807, 2.05) is 0 Å². The first-order valence-electron chi connectivity index (χ1n) is 8.19. The van der Waals surface area contributed by atoms with Gasteiger partial charge in [-0.2, -0.15) is 0 Å². The van der Waals surface area contributed by atoms with E-state index in [4.69, 9.17) is 0 Å². The molecule has 1 aliphatic carbocycles. The van der Waals surface area contributed by atoms with Crippen molar-refractivity contribution in [1.82, 2.24) is 0 Å². The minimum atomic E-state index is -1.89.